The summed E-state index contributed by atoms with van der Waals surface area (Å²) >= 11 is 0. The summed E-state index contributed by atoms with van der Waals surface area (Å²) in [7, 11) is -2.12. The molecule has 0 atom stereocenters. The first-order valence-electron chi connectivity index (χ1n) is 8.69. The average molecular weight is 370 g/mol. The van der Waals surface area contributed by atoms with Gasteiger partial charge in [-0.3, -0.25) is 0 Å². The zero-order chi connectivity index (χ0) is 18.7. The maximum absolute atomic E-state index is 12.5. The Labute approximate surface area is 154 Å². The Hall–Kier alpha value is -2.40. The smallest absolute Gasteiger partial charge is 0.333 e. The predicted octanol–water partition coefficient (Wildman–Crippen LogP) is 4.04. The van der Waals surface area contributed by atoms with E-state index in [4.69, 9.17) is 4.74 Å². The molecule has 0 aromatic heterocycles. The van der Waals surface area contributed by atoms with E-state index < -0.39 is 15.8 Å². The molecule has 0 spiro atoms. The maximum atomic E-state index is 12.5. The molecular formula is C21H22O4S. The Morgan fingerprint density at radius 3 is 2.42 bits per heavy atom. The van der Waals surface area contributed by atoms with Crippen LogP contribution in [0.3, 0.4) is 0 Å². The number of rotatable bonds is 4. The van der Waals surface area contributed by atoms with Crippen LogP contribution in [-0.4, -0.2) is 27.2 Å². The molecule has 2 aromatic rings. The molecule has 4 nitrogen and oxygen atoms in total. The van der Waals surface area contributed by atoms with Crippen LogP contribution < -0.4 is 0 Å². The van der Waals surface area contributed by atoms with Gasteiger partial charge in [0.15, 0.2) is 9.84 Å². The fraction of sp³-hybridized carbons (Fsp3) is 0.286. The van der Waals surface area contributed by atoms with Crippen LogP contribution >= 0.6 is 0 Å². The second kappa shape index (κ2) is 7.46. The second-order valence-electron chi connectivity index (χ2n) is 6.43. The molecule has 1 aliphatic rings. The number of carbonyl (C=O) groups excluding carboxylic acids is 1. The predicted molar refractivity (Wildman–Crippen MR) is 103 cm³/mol. The monoisotopic (exact) mass is 370 g/mol. The molecule has 2 aromatic carbocycles. The van der Waals surface area contributed by atoms with Gasteiger partial charge in [0.05, 0.1) is 17.8 Å². The van der Waals surface area contributed by atoms with Crippen LogP contribution in [0.25, 0.3) is 17.2 Å². The summed E-state index contributed by atoms with van der Waals surface area (Å²) in [5.74, 6) is -0.575. The number of methoxy groups -OCH3 is 1. The lowest BCUT2D eigenvalue weighted by molar-refractivity contribution is -0.136. The summed E-state index contributed by atoms with van der Waals surface area (Å²) in [6, 6.07) is 13.6. The van der Waals surface area contributed by atoms with Crippen molar-refractivity contribution < 1.29 is 17.9 Å². The normalized spacial score (nSPS) is 15.5. The molecule has 0 amide bonds. The molecule has 5 heteroatoms. The van der Waals surface area contributed by atoms with Crippen LogP contribution in [-0.2, 0) is 25.8 Å². The molecule has 0 saturated heterocycles. The number of aryl methyl sites for hydroxylation is 1. The molecule has 0 aliphatic carbocycles. The fourth-order valence-corrected chi connectivity index (χ4v) is 4.64. The Bertz CT molecular complexity index is 954. The molecule has 0 N–H and O–H groups in total. The lowest BCUT2D eigenvalue weighted by atomic mass is 9.99. The number of fused-ring (bicyclic) bond motifs is 1. The van der Waals surface area contributed by atoms with Gasteiger partial charge < -0.3 is 4.74 Å². The quantitative estimate of drug-likeness (QED) is 0.762. The standard InChI is InChI=1S/C21H22O4S/c1-3-4-15-5-7-16(8-6-15)17-9-10-20-19(13-17)14-18(21(22)25-2)11-12-26(20,23)24/h5-10,13-14H,3-4,11-12H2,1-2H3. The van der Waals surface area contributed by atoms with Gasteiger partial charge in [-0.2, -0.15) is 0 Å². The van der Waals surface area contributed by atoms with E-state index in [1.165, 1.54) is 12.7 Å². The highest BCUT2D eigenvalue weighted by molar-refractivity contribution is 7.91. The molecule has 0 fully saturated rings. The van der Waals surface area contributed by atoms with Crippen molar-refractivity contribution in [2.24, 2.45) is 0 Å². The third-order valence-electron chi connectivity index (χ3n) is 4.59. The SMILES string of the molecule is CCCc1ccc(-c2ccc3c(c2)C=C(C(=O)OC)CCS3(=O)=O)cc1. The Morgan fingerprint density at radius 1 is 1.08 bits per heavy atom. The first kappa shape index (κ1) is 18.4. The van der Waals surface area contributed by atoms with Crippen LogP contribution in [0.15, 0.2) is 52.9 Å². The van der Waals surface area contributed by atoms with Crippen molar-refractivity contribution >= 4 is 21.9 Å². The molecule has 0 radical (unpaired) electrons. The van der Waals surface area contributed by atoms with Gasteiger partial charge in [0, 0.05) is 5.57 Å². The lowest BCUT2D eigenvalue weighted by Crippen LogP contribution is -2.09. The van der Waals surface area contributed by atoms with E-state index in [2.05, 4.69) is 19.1 Å². The lowest BCUT2D eigenvalue weighted by Gasteiger charge is -2.09. The van der Waals surface area contributed by atoms with Gasteiger partial charge in [0.1, 0.15) is 0 Å². The summed E-state index contributed by atoms with van der Waals surface area (Å²) in [5.41, 5.74) is 4.14. The third-order valence-corrected chi connectivity index (χ3v) is 6.37. The number of benzene rings is 2. The van der Waals surface area contributed by atoms with Crippen molar-refractivity contribution in [1.82, 2.24) is 0 Å². The maximum Gasteiger partial charge on any atom is 0.333 e. The second-order valence-corrected chi connectivity index (χ2v) is 8.51. The number of hydrogen-bond acceptors (Lipinski definition) is 4. The molecule has 26 heavy (non-hydrogen) atoms. The van der Waals surface area contributed by atoms with Crippen molar-refractivity contribution in [3.05, 3.63) is 59.2 Å². The molecule has 0 saturated carbocycles. The largest absolute Gasteiger partial charge is 0.466 e. The molecule has 0 unspecified atom stereocenters. The average Bonchev–Trinajstić information content (AvgIpc) is 2.78. The zero-order valence-electron chi connectivity index (χ0n) is 15.0. The van der Waals surface area contributed by atoms with Gasteiger partial charge in [-0.1, -0.05) is 43.7 Å². The molecule has 1 aliphatic heterocycles. The van der Waals surface area contributed by atoms with Crippen molar-refractivity contribution in [1.29, 1.82) is 0 Å². The first-order valence-corrected chi connectivity index (χ1v) is 10.3. The van der Waals surface area contributed by atoms with Crippen LogP contribution in [0.2, 0.25) is 0 Å². The summed E-state index contributed by atoms with van der Waals surface area (Å²) in [5, 5.41) is 0. The number of hydrogen-bond donors (Lipinski definition) is 0. The minimum atomic E-state index is -3.43. The van der Waals surface area contributed by atoms with E-state index in [0.29, 0.717) is 11.1 Å². The van der Waals surface area contributed by atoms with Crippen molar-refractivity contribution in [2.45, 2.75) is 31.1 Å². The van der Waals surface area contributed by atoms with Crippen molar-refractivity contribution in [3.8, 4) is 11.1 Å². The van der Waals surface area contributed by atoms with Crippen LogP contribution in [0.4, 0.5) is 0 Å². The Morgan fingerprint density at radius 2 is 1.77 bits per heavy atom. The number of sulfone groups is 1. The topological polar surface area (TPSA) is 60.4 Å². The van der Waals surface area contributed by atoms with Gasteiger partial charge in [-0.25, -0.2) is 13.2 Å². The summed E-state index contributed by atoms with van der Waals surface area (Å²) in [6.45, 7) is 2.14. The summed E-state index contributed by atoms with van der Waals surface area (Å²) in [4.78, 5) is 12.2. The Balaban J connectivity index is 2.06. The molecular weight excluding hydrogens is 348 g/mol. The zero-order valence-corrected chi connectivity index (χ0v) is 15.8. The van der Waals surface area contributed by atoms with Gasteiger partial charge in [-0.15, -0.1) is 0 Å². The van der Waals surface area contributed by atoms with Crippen LogP contribution in [0.5, 0.6) is 0 Å². The van der Waals surface area contributed by atoms with E-state index in [-0.39, 0.29) is 17.1 Å². The minimum absolute atomic E-state index is 0.0913. The Kier molecular flexibility index (Phi) is 5.28. The molecule has 1 heterocycles. The highest BCUT2D eigenvalue weighted by Gasteiger charge is 2.25. The van der Waals surface area contributed by atoms with E-state index >= 15 is 0 Å². The highest BCUT2D eigenvalue weighted by Crippen LogP contribution is 2.31. The number of carbonyl (C=O) groups is 1. The number of ether oxygens (including phenoxy) is 1. The molecule has 0 bridgehead atoms. The summed E-state index contributed by atoms with van der Waals surface area (Å²) < 4.78 is 29.8. The first-order chi connectivity index (χ1) is 12.4. The summed E-state index contributed by atoms with van der Waals surface area (Å²) in [6.07, 6.45) is 3.93. The number of esters is 1. The van der Waals surface area contributed by atoms with Crippen molar-refractivity contribution in [2.75, 3.05) is 12.9 Å². The van der Waals surface area contributed by atoms with E-state index in [1.807, 2.05) is 24.3 Å². The van der Waals surface area contributed by atoms with Crippen molar-refractivity contribution in [3.63, 3.8) is 0 Å². The minimum Gasteiger partial charge on any atom is -0.466 e. The van der Waals surface area contributed by atoms with Gasteiger partial charge in [-0.05, 0) is 53.3 Å². The van der Waals surface area contributed by atoms with Gasteiger partial charge >= 0.3 is 5.97 Å². The van der Waals surface area contributed by atoms with Crippen LogP contribution in [0.1, 0.15) is 30.9 Å². The van der Waals surface area contributed by atoms with Gasteiger partial charge in [0.25, 0.3) is 0 Å². The van der Waals surface area contributed by atoms with Crippen LogP contribution in [0, 0.1) is 0 Å². The highest BCUT2D eigenvalue weighted by atomic mass is 32.2. The molecule has 136 valence electrons. The van der Waals surface area contributed by atoms with E-state index in [0.717, 1.165) is 24.0 Å². The third kappa shape index (κ3) is 3.73. The van der Waals surface area contributed by atoms with E-state index in [9.17, 15) is 13.2 Å². The molecule has 3 rings (SSSR count). The fourth-order valence-electron chi connectivity index (χ4n) is 3.18. The van der Waals surface area contributed by atoms with Gasteiger partial charge in [0.2, 0.25) is 0 Å². The van der Waals surface area contributed by atoms with E-state index in [1.54, 1.807) is 12.1 Å².